The third-order valence-corrected chi connectivity index (χ3v) is 7.93. The monoisotopic (exact) mass is 560 g/mol. The second-order valence-electron chi connectivity index (χ2n) is 10.8. The number of rotatable bonds is 9. The summed E-state index contributed by atoms with van der Waals surface area (Å²) >= 11 is 0. The predicted octanol–water partition coefficient (Wildman–Crippen LogP) is 4.56. The van der Waals surface area contributed by atoms with Gasteiger partial charge in [-0.1, -0.05) is 6.07 Å². The molecule has 1 aliphatic heterocycles. The summed E-state index contributed by atoms with van der Waals surface area (Å²) < 4.78 is 23.9. The third kappa shape index (κ3) is 6.11. The minimum absolute atomic E-state index is 0.458. The fourth-order valence-electron chi connectivity index (χ4n) is 5.14. The molecular weight excluding hydrogens is 524 g/mol. The van der Waals surface area contributed by atoms with Crippen LogP contribution in [0.2, 0.25) is 0 Å². The highest BCUT2D eigenvalue weighted by Gasteiger charge is 2.29. The lowest BCUT2D eigenvalue weighted by Crippen LogP contribution is -2.47. The molecule has 210 valence electrons. The zero-order valence-corrected chi connectivity index (χ0v) is 24.1. The van der Waals surface area contributed by atoms with Crippen LogP contribution in [0.25, 0.3) is 16.9 Å². The highest BCUT2D eigenvalue weighted by atomic mass is 32.2. The van der Waals surface area contributed by atoms with E-state index in [0.29, 0.717) is 17.7 Å². The summed E-state index contributed by atoms with van der Waals surface area (Å²) in [6.45, 7) is 5.86. The molecule has 4 aromatic rings. The van der Waals surface area contributed by atoms with Gasteiger partial charge in [-0.2, -0.15) is 9.35 Å². The molecule has 0 radical (unpaired) electrons. The summed E-state index contributed by atoms with van der Waals surface area (Å²) in [7, 11) is -0.566. The Labute approximate surface area is 235 Å². The summed E-state index contributed by atoms with van der Waals surface area (Å²) in [6, 6.07) is 16.2. The van der Waals surface area contributed by atoms with Crippen molar-refractivity contribution in [3.05, 3.63) is 60.4 Å². The molecule has 11 heteroatoms. The van der Waals surface area contributed by atoms with Crippen LogP contribution < -0.4 is 10.2 Å². The fraction of sp³-hybridized carbons (Fsp3) is 0.414. The second kappa shape index (κ2) is 11.1. The number of methoxy groups -OCH3 is 1. The van der Waals surface area contributed by atoms with Crippen molar-refractivity contribution in [3.8, 4) is 5.82 Å². The van der Waals surface area contributed by atoms with Gasteiger partial charge in [0.25, 0.3) is 0 Å². The fourth-order valence-corrected chi connectivity index (χ4v) is 5.69. The van der Waals surface area contributed by atoms with E-state index in [1.165, 1.54) is 11.4 Å². The quantitative estimate of drug-likeness (QED) is 0.318. The lowest BCUT2D eigenvalue weighted by molar-refractivity contribution is 0.144. The zero-order valence-electron chi connectivity index (χ0n) is 23.3. The van der Waals surface area contributed by atoms with Gasteiger partial charge in [-0.15, -0.1) is 0 Å². The first-order chi connectivity index (χ1) is 19.4. The van der Waals surface area contributed by atoms with Crippen LogP contribution in [0.4, 0.5) is 23.1 Å². The molecule has 2 aliphatic rings. The number of hydrogen-bond acceptors (Lipinski definition) is 9. The van der Waals surface area contributed by atoms with E-state index in [1.54, 1.807) is 25.7 Å². The molecule has 0 bridgehead atoms. The van der Waals surface area contributed by atoms with Crippen molar-refractivity contribution in [2.45, 2.75) is 18.8 Å². The number of anilines is 3. The summed E-state index contributed by atoms with van der Waals surface area (Å²) in [5.41, 5.74) is 4.12. The van der Waals surface area contributed by atoms with E-state index in [0.717, 1.165) is 74.7 Å². The van der Waals surface area contributed by atoms with Gasteiger partial charge in [-0.05, 0) is 61.2 Å². The highest BCUT2D eigenvalue weighted by Crippen LogP contribution is 2.43. The number of aromatic nitrogens is 4. The van der Waals surface area contributed by atoms with Gasteiger partial charge in [-0.3, -0.25) is 9.47 Å². The van der Waals surface area contributed by atoms with Crippen LogP contribution in [-0.4, -0.2) is 87.6 Å². The average Bonchev–Trinajstić information content (AvgIpc) is 3.72. The molecule has 0 atom stereocenters. The van der Waals surface area contributed by atoms with E-state index in [4.69, 9.17) is 14.7 Å². The zero-order chi connectivity index (χ0) is 27.7. The number of piperazine rings is 1. The van der Waals surface area contributed by atoms with E-state index in [-0.39, 0.29) is 0 Å². The predicted molar refractivity (Wildman–Crippen MR) is 161 cm³/mol. The van der Waals surface area contributed by atoms with Crippen molar-refractivity contribution in [1.29, 1.82) is 0 Å². The lowest BCUT2D eigenvalue weighted by atomic mass is 10.2. The molecule has 6 rings (SSSR count). The van der Waals surface area contributed by atoms with Crippen molar-refractivity contribution < 1.29 is 8.95 Å². The molecule has 0 amide bonds. The number of fused-ring (bicyclic) bond motifs is 1. The average molecular weight is 561 g/mol. The maximum Gasteiger partial charge on any atom is 0.229 e. The molecule has 1 saturated heterocycles. The van der Waals surface area contributed by atoms with Crippen molar-refractivity contribution in [1.82, 2.24) is 24.4 Å². The van der Waals surface area contributed by atoms with Crippen LogP contribution in [-0.2, 0) is 14.5 Å². The number of pyridine rings is 1. The standard InChI is InChI=1S/C29H36N8O2S/c1-39-18-17-35-13-15-36(16-14-35)24-11-9-23(10-12-24)31-29-30-20-22-19-25(21-7-8-21)37(28(22)33-29)27-6-4-5-26(32-27)34-40(2,3)38/h4-6,9-12,19-21H,7-8,13-18H2,1-3H3,(H,30,31,33). The van der Waals surface area contributed by atoms with Crippen molar-refractivity contribution in [3.63, 3.8) is 0 Å². The number of hydrogen-bond donors (Lipinski definition) is 1. The second-order valence-corrected chi connectivity index (χ2v) is 13.3. The third-order valence-electron chi connectivity index (χ3n) is 7.30. The largest absolute Gasteiger partial charge is 0.383 e. The number of nitrogens with zero attached hydrogens (tertiary/aromatic N) is 7. The molecule has 3 aromatic heterocycles. The molecule has 40 heavy (non-hydrogen) atoms. The first-order valence-electron chi connectivity index (χ1n) is 13.7. The molecule has 10 nitrogen and oxygen atoms in total. The Kier molecular flexibility index (Phi) is 7.43. The normalized spacial score (nSPS) is 16.4. The number of ether oxygens (including phenoxy) is 1. The summed E-state index contributed by atoms with van der Waals surface area (Å²) in [5, 5.41) is 4.34. The molecule has 4 heterocycles. The van der Waals surface area contributed by atoms with Crippen molar-refractivity contribution in [2.75, 3.05) is 69.2 Å². The lowest BCUT2D eigenvalue weighted by Gasteiger charge is -2.36. The van der Waals surface area contributed by atoms with Gasteiger partial charge < -0.3 is 15.0 Å². The molecule has 1 aliphatic carbocycles. The van der Waals surface area contributed by atoms with Crippen LogP contribution in [0.15, 0.2) is 59.1 Å². The van der Waals surface area contributed by atoms with Crippen LogP contribution in [0.5, 0.6) is 0 Å². The van der Waals surface area contributed by atoms with Gasteiger partial charge in [-0.25, -0.2) is 14.2 Å². The maximum atomic E-state index is 12.3. The van der Waals surface area contributed by atoms with Gasteiger partial charge in [0.1, 0.15) is 5.82 Å². The SMILES string of the molecule is COCCN1CCN(c2ccc(Nc3ncc4cc(C5CC5)n(-c5cccc(N=S(C)(C)=O)n5)c4n3)cc2)CC1. The molecule has 1 saturated carbocycles. The van der Waals surface area contributed by atoms with Crippen LogP contribution in [0.3, 0.4) is 0 Å². The van der Waals surface area contributed by atoms with E-state index in [2.05, 4.69) is 59.4 Å². The van der Waals surface area contributed by atoms with Gasteiger partial charge in [0, 0.05) is 90.7 Å². The Morgan fingerprint density at radius 2 is 1.82 bits per heavy atom. The van der Waals surface area contributed by atoms with Gasteiger partial charge >= 0.3 is 0 Å². The summed E-state index contributed by atoms with van der Waals surface area (Å²) in [5.74, 6) is 2.18. The van der Waals surface area contributed by atoms with E-state index >= 15 is 0 Å². The minimum atomic E-state index is -2.32. The van der Waals surface area contributed by atoms with Crippen molar-refractivity contribution >= 4 is 43.9 Å². The van der Waals surface area contributed by atoms with Crippen LogP contribution in [0.1, 0.15) is 24.5 Å². The Bertz CT molecular complexity index is 1610. The molecule has 0 unspecified atom stereocenters. The Balaban J connectivity index is 1.23. The topological polar surface area (TPSA) is 101 Å². The maximum absolute atomic E-state index is 12.3. The van der Waals surface area contributed by atoms with E-state index in [1.807, 2.05) is 18.3 Å². The van der Waals surface area contributed by atoms with E-state index < -0.39 is 9.73 Å². The Hall–Kier alpha value is -3.54. The van der Waals surface area contributed by atoms with Gasteiger partial charge in [0.15, 0.2) is 11.5 Å². The van der Waals surface area contributed by atoms with E-state index in [9.17, 15) is 4.21 Å². The number of benzene rings is 1. The number of nitrogens with one attached hydrogen (secondary N) is 1. The summed E-state index contributed by atoms with van der Waals surface area (Å²) in [6.07, 6.45) is 7.38. The first kappa shape index (κ1) is 26.7. The molecule has 0 spiro atoms. The molecule has 2 fully saturated rings. The highest BCUT2D eigenvalue weighted by molar-refractivity contribution is 7.92. The van der Waals surface area contributed by atoms with Crippen LogP contribution >= 0.6 is 0 Å². The van der Waals surface area contributed by atoms with Crippen molar-refractivity contribution in [2.24, 2.45) is 4.36 Å². The first-order valence-corrected chi connectivity index (χ1v) is 16.1. The Morgan fingerprint density at radius 3 is 2.52 bits per heavy atom. The Morgan fingerprint density at radius 1 is 1.05 bits per heavy atom. The smallest absolute Gasteiger partial charge is 0.229 e. The van der Waals surface area contributed by atoms with Crippen LogP contribution in [0, 0.1) is 0 Å². The molecule has 1 N–H and O–H groups in total. The van der Waals surface area contributed by atoms with Gasteiger partial charge in [0.05, 0.1) is 6.61 Å². The molecular formula is C29H36N8O2S. The molecule has 1 aromatic carbocycles. The minimum Gasteiger partial charge on any atom is -0.383 e. The van der Waals surface area contributed by atoms with Gasteiger partial charge in [0.2, 0.25) is 5.95 Å². The summed E-state index contributed by atoms with van der Waals surface area (Å²) in [4.78, 5) is 19.1.